The molecule has 0 aromatic heterocycles. The SMILES string of the molecule is CC(C)NC(=O)C(C#N)=Cc1ccccc1OC(C)C. The van der Waals surface area contributed by atoms with E-state index in [2.05, 4.69) is 5.32 Å². The van der Waals surface area contributed by atoms with E-state index in [1.165, 1.54) is 0 Å². The first-order valence-corrected chi connectivity index (χ1v) is 6.62. The maximum atomic E-state index is 11.9. The molecule has 4 heteroatoms. The standard InChI is InChI=1S/C16H20N2O2/c1-11(2)18-16(19)14(10-17)9-13-7-5-6-8-15(13)20-12(3)4/h5-9,11-12H,1-4H3,(H,18,19). The van der Waals surface area contributed by atoms with Gasteiger partial charge < -0.3 is 10.1 Å². The third kappa shape index (κ3) is 4.77. The van der Waals surface area contributed by atoms with Crippen molar-refractivity contribution >= 4 is 12.0 Å². The van der Waals surface area contributed by atoms with Gasteiger partial charge in [0.25, 0.3) is 5.91 Å². The van der Waals surface area contributed by atoms with Crippen LogP contribution in [0.15, 0.2) is 29.8 Å². The summed E-state index contributed by atoms with van der Waals surface area (Å²) in [5.74, 6) is 0.287. The van der Waals surface area contributed by atoms with Crippen LogP contribution in [0.2, 0.25) is 0 Å². The lowest BCUT2D eigenvalue weighted by atomic mass is 10.1. The van der Waals surface area contributed by atoms with Crippen molar-refractivity contribution in [3.63, 3.8) is 0 Å². The topological polar surface area (TPSA) is 62.1 Å². The smallest absolute Gasteiger partial charge is 0.262 e. The van der Waals surface area contributed by atoms with Crippen LogP contribution >= 0.6 is 0 Å². The summed E-state index contributed by atoms with van der Waals surface area (Å²) in [4.78, 5) is 11.9. The molecule has 0 saturated carbocycles. The molecule has 0 atom stereocenters. The summed E-state index contributed by atoms with van der Waals surface area (Å²) in [5, 5.41) is 11.8. The van der Waals surface area contributed by atoms with Crippen LogP contribution < -0.4 is 10.1 Å². The first kappa shape index (κ1) is 15.8. The minimum absolute atomic E-state index is 0.0126. The normalized spacial score (nSPS) is 11.3. The molecule has 0 bridgehead atoms. The zero-order valence-electron chi connectivity index (χ0n) is 12.3. The first-order chi connectivity index (χ1) is 9.43. The molecule has 0 heterocycles. The number of nitrogens with one attached hydrogen (secondary N) is 1. The molecule has 1 aromatic rings. The number of rotatable bonds is 5. The van der Waals surface area contributed by atoms with Crippen molar-refractivity contribution in [2.75, 3.05) is 0 Å². The van der Waals surface area contributed by atoms with Crippen LogP contribution in [0.25, 0.3) is 6.08 Å². The Morgan fingerprint density at radius 1 is 1.30 bits per heavy atom. The molecule has 1 amide bonds. The van der Waals surface area contributed by atoms with E-state index < -0.39 is 0 Å². The molecule has 0 spiro atoms. The van der Waals surface area contributed by atoms with E-state index in [4.69, 9.17) is 10.00 Å². The quantitative estimate of drug-likeness (QED) is 0.662. The number of hydrogen-bond acceptors (Lipinski definition) is 3. The molecule has 1 N–H and O–H groups in total. The second-order valence-corrected chi connectivity index (χ2v) is 5.00. The van der Waals surface area contributed by atoms with Crippen LogP contribution in [-0.4, -0.2) is 18.1 Å². The Kier molecular flexibility index (Phi) is 5.79. The Bertz CT molecular complexity index is 540. The molecule has 0 saturated heterocycles. The third-order valence-electron chi connectivity index (χ3n) is 2.37. The van der Waals surface area contributed by atoms with Crippen molar-refractivity contribution in [2.45, 2.75) is 39.8 Å². The largest absolute Gasteiger partial charge is 0.490 e. The number of nitriles is 1. The average molecular weight is 272 g/mol. The van der Waals surface area contributed by atoms with Crippen LogP contribution in [0.3, 0.4) is 0 Å². The highest BCUT2D eigenvalue weighted by molar-refractivity contribution is 6.02. The van der Waals surface area contributed by atoms with Crippen molar-refractivity contribution in [1.29, 1.82) is 5.26 Å². The van der Waals surface area contributed by atoms with E-state index in [1.807, 2.05) is 58.0 Å². The van der Waals surface area contributed by atoms with E-state index in [0.29, 0.717) is 5.75 Å². The zero-order valence-corrected chi connectivity index (χ0v) is 12.3. The van der Waals surface area contributed by atoms with E-state index in [1.54, 1.807) is 6.08 Å². The highest BCUT2D eigenvalue weighted by atomic mass is 16.5. The van der Waals surface area contributed by atoms with Gasteiger partial charge in [0, 0.05) is 11.6 Å². The van der Waals surface area contributed by atoms with Crippen LogP contribution in [-0.2, 0) is 4.79 Å². The minimum atomic E-state index is -0.373. The lowest BCUT2D eigenvalue weighted by molar-refractivity contribution is -0.117. The molecule has 0 aliphatic rings. The Hall–Kier alpha value is -2.28. The molecule has 0 fully saturated rings. The Morgan fingerprint density at radius 3 is 2.50 bits per heavy atom. The third-order valence-corrected chi connectivity index (χ3v) is 2.37. The Labute approximate surface area is 120 Å². The van der Waals surface area contributed by atoms with Crippen LogP contribution in [0.4, 0.5) is 0 Å². The van der Waals surface area contributed by atoms with Gasteiger partial charge in [-0.2, -0.15) is 5.26 Å². The second-order valence-electron chi connectivity index (χ2n) is 5.00. The van der Waals surface area contributed by atoms with Gasteiger partial charge >= 0.3 is 0 Å². The molecule has 4 nitrogen and oxygen atoms in total. The molecule has 1 rings (SSSR count). The molecule has 0 unspecified atom stereocenters. The van der Waals surface area contributed by atoms with Gasteiger partial charge in [0.05, 0.1) is 6.10 Å². The molecular formula is C16H20N2O2. The van der Waals surface area contributed by atoms with Gasteiger partial charge in [0.1, 0.15) is 17.4 Å². The highest BCUT2D eigenvalue weighted by Gasteiger charge is 2.11. The lowest BCUT2D eigenvalue weighted by Gasteiger charge is -2.12. The molecule has 106 valence electrons. The summed E-state index contributed by atoms with van der Waals surface area (Å²) in [6.07, 6.45) is 1.58. The van der Waals surface area contributed by atoms with Gasteiger partial charge in [-0.25, -0.2) is 0 Å². The van der Waals surface area contributed by atoms with E-state index in [-0.39, 0.29) is 23.6 Å². The van der Waals surface area contributed by atoms with Crippen molar-refractivity contribution in [1.82, 2.24) is 5.32 Å². The van der Waals surface area contributed by atoms with Gasteiger partial charge in [-0.3, -0.25) is 4.79 Å². The van der Waals surface area contributed by atoms with E-state index in [9.17, 15) is 4.79 Å². The fourth-order valence-corrected chi connectivity index (χ4v) is 1.61. The number of benzene rings is 1. The average Bonchev–Trinajstić information content (AvgIpc) is 2.36. The summed E-state index contributed by atoms with van der Waals surface area (Å²) in [5.41, 5.74) is 0.787. The van der Waals surface area contributed by atoms with Crippen LogP contribution in [0.1, 0.15) is 33.3 Å². The number of hydrogen-bond donors (Lipinski definition) is 1. The van der Waals surface area contributed by atoms with Gasteiger partial charge in [-0.15, -0.1) is 0 Å². The summed E-state index contributed by atoms with van der Waals surface area (Å²) >= 11 is 0. The zero-order chi connectivity index (χ0) is 15.1. The maximum absolute atomic E-state index is 11.9. The Morgan fingerprint density at radius 2 is 1.95 bits per heavy atom. The number of carbonyl (C=O) groups excluding carboxylic acids is 1. The number of nitrogens with zero attached hydrogens (tertiary/aromatic N) is 1. The fraction of sp³-hybridized carbons (Fsp3) is 0.375. The van der Waals surface area contributed by atoms with Crippen molar-refractivity contribution < 1.29 is 9.53 Å². The van der Waals surface area contributed by atoms with Gasteiger partial charge in [0.15, 0.2) is 0 Å². The summed E-state index contributed by atoms with van der Waals surface area (Å²) in [6.45, 7) is 7.56. The van der Waals surface area contributed by atoms with Gasteiger partial charge in [0.2, 0.25) is 0 Å². The van der Waals surface area contributed by atoms with Crippen molar-refractivity contribution in [2.24, 2.45) is 0 Å². The minimum Gasteiger partial charge on any atom is -0.490 e. The number of amides is 1. The predicted octanol–water partition coefficient (Wildman–Crippen LogP) is 2.91. The molecule has 0 aliphatic heterocycles. The maximum Gasteiger partial charge on any atom is 0.262 e. The molecule has 1 aromatic carbocycles. The monoisotopic (exact) mass is 272 g/mol. The van der Waals surface area contributed by atoms with E-state index in [0.717, 1.165) is 5.56 Å². The highest BCUT2D eigenvalue weighted by Crippen LogP contribution is 2.22. The first-order valence-electron chi connectivity index (χ1n) is 6.62. The van der Waals surface area contributed by atoms with Crippen molar-refractivity contribution in [3.8, 4) is 11.8 Å². The number of ether oxygens (including phenoxy) is 1. The van der Waals surface area contributed by atoms with E-state index >= 15 is 0 Å². The Balaban J connectivity index is 3.07. The molecule has 20 heavy (non-hydrogen) atoms. The fourth-order valence-electron chi connectivity index (χ4n) is 1.61. The number of para-hydroxylation sites is 1. The summed E-state index contributed by atoms with van der Waals surface area (Å²) in [7, 11) is 0. The molecular weight excluding hydrogens is 252 g/mol. The molecule has 0 aliphatic carbocycles. The lowest BCUT2D eigenvalue weighted by Crippen LogP contribution is -2.30. The van der Waals surface area contributed by atoms with Crippen molar-refractivity contribution in [3.05, 3.63) is 35.4 Å². The van der Waals surface area contributed by atoms with Crippen LogP contribution in [0.5, 0.6) is 5.75 Å². The summed E-state index contributed by atoms with van der Waals surface area (Å²) < 4.78 is 5.67. The van der Waals surface area contributed by atoms with Gasteiger partial charge in [-0.1, -0.05) is 18.2 Å². The molecule has 0 radical (unpaired) electrons. The van der Waals surface area contributed by atoms with Gasteiger partial charge in [-0.05, 0) is 39.8 Å². The second kappa shape index (κ2) is 7.34. The van der Waals surface area contributed by atoms with Crippen LogP contribution in [0, 0.1) is 11.3 Å². The summed E-state index contributed by atoms with van der Waals surface area (Å²) in [6, 6.07) is 9.25. The predicted molar refractivity (Wildman–Crippen MR) is 79.1 cm³/mol. The number of carbonyl (C=O) groups is 1.